The zero-order valence-electron chi connectivity index (χ0n) is 12.6. The monoisotopic (exact) mass is 335 g/mol. The van der Waals surface area contributed by atoms with Crippen molar-refractivity contribution in [3.63, 3.8) is 0 Å². The summed E-state index contributed by atoms with van der Waals surface area (Å²) >= 11 is 1.48. The van der Waals surface area contributed by atoms with Crippen LogP contribution < -0.4 is 5.32 Å². The van der Waals surface area contributed by atoms with Crippen LogP contribution in [0.2, 0.25) is 0 Å². The minimum Gasteiger partial charge on any atom is -0.344 e. The topological polar surface area (TPSA) is 83.6 Å². The van der Waals surface area contributed by atoms with Gasteiger partial charge in [-0.3, -0.25) is 14.9 Å². The highest BCUT2D eigenvalue weighted by Crippen LogP contribution is 2.25. The summed E-state index contributed by atoms with van der Waals surface area (Å²) in [6, 6.07) is 13.5. The molecule has 0 radical (unpaired) electrons. The molecule has 0 aliphatic rings. The summed E-state index contributed by atoms with van der Waals surface area (Å²) in [5.74, 6) is 1.08. The van der Waals surface area contributed by atoms with Crippen LogP contribution in [-0.2, 0) is 6.54 Å². The number of nitrogens with one attached hydrogen (secondary N) is 2. The first-order chi connectivity index (χ1) is 11.8. The molecule has 118 valence electrons. The van der Waals surface area contributed by atoms with Gasteiger partial charge in [0.05, 0.1) is 11.4 Å². The Morgan fingerprint density at radius 2 is 2.00 bits per heavy atom. The minimum atomic E-state index is -0.113. The second-order valence-corrected chi connectivity index (χ2v) is 6.26. The second kappa shape index (κ2) is 6.21. The van der Waals surface area contributed by atoms with Gasteiger partial charge in [0.2, 0.25) is 0 Å². The summed E-state index contributed by atoms with van der Waals surface area (Å²) in [4.78, 5) is 21.3. The van der Waals surface area contributed by atoms with Crippen molar-refractivity contribution in [3.05, 3.63) is 65.6 Å². The Balaban J connectivity index is 1.45. The van der Waals surface area contributed by atoms with Crippen LogP contribution in [-0.4, -0.2) is 26.1 Å². The van der Waals surface area contributed by atoms with Crippen molar-refractivity contribution in [2.45, 2.75) is 6.54 Å². The number of pyridine rings is 1. The van der Waals surface area contributed by atoms with Crippen molar-refractivity contribution in [3.8, 4) is 11.4 Å². The molecule has 0 unspecified atom stereocenters. The molecule has 0 aliphatic heterocycles. The van der Waals surface area contributed by atoms with Gasteiger partial charge in [-0.1, -0.05) is 18.2 Å². The number of hydrogen-bond acceptors (Lipinski definition) is 5. The van der Waals surface area contributed by atoms with Crippen molar-refractivity contribution in [2.24, 2.45) is 0 Å². The van der Waals surface area contributed by atoms with Crippen LogP contribution in [0.15, 0.2) is 54.9 Å². The number of rotatable bonds is 4. The summed E-state index contributed by atoms with van der Waals surface area (Å²) < 4.78 is 1.10. The average Bonchev–Trinajstić information content (AvgIpc) is 3.27. The molecule has 4 aromatic rings. The predicted octanol–water partition coefficient (Wildman–Crippen LogP) is 3.01. The lowest BCUT2D eigenvalue weighted by atomic mass is 10.2. The Bertz CT molecular complexity index is 959. The molecule has 0 saturated carbocycles. The molecule has 3 aromatic heterocycles. The first-order valence-electron chi connectivity index (χ1n) is 7.38. The highest BCUT2D eigenvalue weighted by Gasteiger charge is 2.11. The van der Waals surface area contributed by atoms with E-state index in [1.165, 1.54) is 11.3 Å². The first-order valence-corrected chi connectivity index (χ1v) is 8.20. The van der Waals surface area contributed by atoms with E-state index in [1.54, 1.807) is 12.4 Å². The van der Waals surface area contributed by atoms with Gasteiger partial charge in [0, 0.05) is 22.7 Å². The van der Waals surface area contributed by atoms with Gasteiger partial charge < -0.3 is 5.32 Å². The summed E-state index contributed by atoms with van der Waals surface area (Å²) in [7, 11) is 0. The summed E-state index contributed by atoms with van der Waals surface area (Å²) in [6.07, 6.45) is 3.38. The van der Waals surface area contributed by atoms with Gasteiger partial charge in [0.1, 0.15) is 5.82 Å². The van der Waals surface area contributed by atoms with E-state index >= 15 is 0 Å². The Labute approximate surface area is 141 Å². The van der Waals surface area contributed by atoms with Crippen LogP contribution in [0.25, 0.3) is 21.5 Å². The fraction of sp³-hybridized carbons (Fsp3) is 0.0588. The molecule has 24 heavy (non-hydrogen) atoms. The first kappa shape index (κ1) is 14.5. The number of fused-ring (bicyclic) bond motifs is 1. The third kappa shape index (κ3) is 2.89. The van der Waals surface area contributed by atoms with Crippen molar-refractivity contribution in [2.75, 3.05) is 0 Å². The van der Waals surface area contributed by atoms with Crippen LogP contribution in [0.5, 0.6) is 0 Å². The molecule has 2 N–H and O–H groups in total. The predicted molar refractivity (Wildman–Crippen MR) is 92.6 cm³/mol. The van der Waals surface area contributed by atoms with Crippen LogP contribution in [0.3, 0.4) is 0 Å². The van der Waals surface area contributed by atoms with Crippen LogP contribution in [0.1, 0.15) is 15.5 Å². The van der Waals surface area contributed by atoms with Crippen molar-refractivity contribution in [1.82, 2.24) is 25.5 Å². The van der Waals surface area contributed by atoms with Crippen molar-refractivity contribution < 1.29 is 4.79 Å². The number of H-pyrrole nitrogens is 1. The number of hydrogen-bond donors (Lipinski definition) is 2. The number of thiophene rings is 1. The van der Waals surface area contributed by atoms with E-state index in [0.717, 1.165) is 15.6 Å². The molecule has 1 amide bonds. The molecular weight excluding hydrogens is 322 g/mol. The number of carbonyl (C=O) groups excluding carboxylic acids is 1. The van der Waals surface area contributed by atoms with Crippen LogP contribution in [0.4, 0.5) is 0 Å². The molecule has 0 fully saturated rings. The molecule has 7 heteroatoms. The van der Waals surface area contributed by atoms with E-state index in [4.69, 9.17) is 0 Å². The molecule has 0 aliphatic carbocycles. The summed E-state index contributed by atoms with van der Waals surface area (Å²) in [5, 5.41) is 10.9. The van der Waals surface area contributed by atoms with Gasteiger partial charge in [-0.25, -0.2) is 4.98 Å². The standard InChI is InChI=1S/C17H13N5OS/c23-17(14-9-12-3-1-2-4-13(12)24-14)19-10-15-20-16(22-21-15)11-5-7-18-8-6-11/h1-9H,10H2,(H,19,23)(H,20,21,22). The van der Waals surface area contributed by atoms with E-state index in [2.05, 4.69) is 25.5 Å². The molecule has 0 atom stereocenters. The highest BCUT2D eigenvalue weighted by molar-refractivity contribution is 7.20. The van der Waals surface area contributed by atoms with E-state index in [1.807, 2.05) is 42.5 Å². The molecule has 0 spiro atoms. The second-order valence-electron chi connectivity index (χ2n) is 5.17. The lowest BCUT2D eigenvalue weighted by Gasteiger charge is -1.99. The zero-order valence-corrected chi connectivity index (χ0v) is 13.4. The number of nitrogens with zero attached hydrogens (tertiary/aromatic N) is 3. The number of carbonyl (C=O) groups is 1. The number of aromatic nitrogens is 4. The normalized spacial score (nSPS) is 10.8. The Morgan fingerprint density at radius 3 is 2.83 bits per heavy atom. The summed E-state index contributed by atoms with van der Waals surface area (Å²) in [6.45, 7) is 0.297. The maximum atomic E-state index is 12.3. The Morgan fingerprint density at radius 1 is 1.17 bits per heavy atom. The molecule has 1 aromatic carbocycles. The highest BCUT2D eigenvalue weighted by atomic mass is 32.1. The largest absolute Gasteiger partial charge is 0.344 e. The van der Waals surface area contributed by atoms with Crippen LogP contribution >= 0.6 is 11.3 Å². The number of benzene rings is 1. The van der Waals surface area contributed by atoms with E-state index in [9.17, 15) is 4.79 Å². The van der Waals surface area contributed by atoms with Gasteiger partial charge in [0.25, 0.3) is 5.91 Å². The molecular formula is C17H13N5OS. The molecule has 0 bridgehead atoms. The number of aromatic amines is 1. The van der Waals surface area contributed by atoms with Gasteiger partial charge in [0.15, 0.2) is 5.82 Å². The summed E-state index contributed by atoms with van der Waals surface area (Å²) in [5.41, 5.74) is 0.878. The number of amides is 1. The smallest absolute Gasteiger partial charge is 0.261 e. The minimum absolute atomic E-state index is 0.113. The third-order valence-corrected chi connectivity index (χ3v) is 4.65. The van der Waals surface area contributed by atoms with Crippen molar-refractivity contribution >= 4 is 27.3 Å². The fourth-order valence-electron chi connectivity index (χ4n) is 2.35. The maximum absolute atomic E-state index is 12.3. The average molecular weight is 335 g/mol. The SMILES string of the molecule is O=C(NCc1nc(-c2ccncc2)n[nH]1)c1cc2ccccc2s1. The fourth-order valence-corrected chi connectivity index (χ4v) is 3.33. The van der Waals surface area contributed by atoms with Crippen molar-refractivity contribution in [1.29, 1.82) is 0 Å². The molecule has 4 rings (SSSR count). The lowest BCUT2D eigenvalue weighted by molar-refractivity contribution is 0.0954. The van der Waals surface area contributed by atoms with E-state index < -0.39 is 0 Å². The Kier molecular flexibility index (Phi) is 3.76. The van der Waals surface area contributed by atoms with Gasteiger partial charge in [-0.15, -0.1) is 11.3 Å². The van der Waals surface area contributed by atoms with Gasteiger partial charge in [-0.05, 0) is 29.7 Å². The van der Waals surface area contributed by atoms with Crippen LogP contribution in [0, 0.1) is 0 Å². The van der Waals surface area contributed by atoms with E-state index in [-0.39, 0.29) is 5.91 Å². The maximum Gasteiger partial charge on any atom is 0.261 e. The molecule has 6 nitrogen and oxygen atoms in total. The zero-order chi connectivity index (χ0) is 16.4. The van der Waals surface area contributed by atoms with Gasteiger partial charge in [-0.2, -0.15) is 5.10 Å². The van der Waals surface area contributed by atoms with E-state index in [0.29, 0.717) is 23.1 Å². The van der Waals surface area contributed by atoms with Gasteiger partial charge >= 0.3 is 0 Å². The molecule has 0 saturated heterocycles. The quantitative estimate of drug-likeness (QED) is 0.600. The molecule has 3 heterocycles. The third-order valence-electron chi connectivity index (χ3n) is 3.54. The Hall–Kier alpha value is -3.06. The lowest BCUT2D eigenvalue weighted by Crippen LogP contribution is -2.22.